The lowest BCUT2D eigenvalue weighted by molar-refractivity contribution is -0.0342. The molecule has 2 aliphatic carbocycles. The van der Waals surface area contributed by atoms with Crippen molar-refractivity contribution in [2.45, 2.75) is 77.9 Å². The molecule has 2 bridgehead atoms. The Hall–Kier alpha value is -0.0800. The molecule has 3 fully saturated rings. The van der Waals surface area contributed by atoms with Crippen LogP contribution in [0.5, 0.6) is 0 Å². The number of hydrogen-bond donors (Lipinski definition) is 1. The highest BCUT2D eigenvalue weighted by Gasteiger charge is 2.61. The first-order valence-electron chi connectivity index (χ1n) is 7.86. The SMILES string of the molecule is CC1CC(N)CCN1C1C2(C)CCC(C2)C1(C)C. The summed E-state index contributed by atoms with van der Waals surface area (Å²) in [6.45, 7) is 11.2. The van der Waals surface area contributed by atoms with E-state index in [1.165, 1.54) is 38.6 Å². The van der Waals surface area contributed by atoms with Crippen LogP contribution in [0.2, 0.25) is 0 Å². The quantitative estimate of drug-likeness (QED) is 0.775. The van der Waals surface area contributed by atoms with Crippen LogP contribution in [0.1, 0.15) is 59.8 Å². The molecule has 5 atom stereocenters. The molecule has 18 heavy (non-hydrogen) atoms. The zero-order valence-electron chi connectivity index (χ0n) is 12.6. The van der Waals surface area contributed by atoms with Crippen LogP contribution in [0.3, 0.4) is 0 Å². The minimum atomic E-state index is 0.436. The van der Waals surface area contributed by atoms with E-state index in [-0.39, 0.29) is 0 Å². The first-order chi connectivity index (χ1) is 8.34. The number of hydrogen-bond acceptors (Lipinski definition) is 2. The van der Waals surface area contributed by atoms with Crippen molar-refractivity contribution in [3.63, 3.8) is 0 Å². The first-order valence-corrected chi connectivity index (χ1v) is 7.86. The highest BCUT2D eigenvalue weighted by atomic mass is 15.2. The average molecular weight is 250 g/mol. The molecule has 0 aromatic carbocycles. The van der Waals surface area contributed by atoms with Crippen molar-refractivity contribution < 1.29 is 0 Å². The summed E-state index contributed by atoms with van der Waals surface area (Å²) in [7, 11) is 0. The fourth-order valence-corrected chi connectivity index (χ4v) is 5.71. The highest BCUT2D eigenvalue weighted by Crippen LogP contribution is 2.64. The van der Waals surface area contributed by atoms with Crippen LogP contribution < -0.4 is 5.73 Å². The maximum absolute atomic E-state index is 6.14. The number of nitrogens with zero attached hydrogens (tertiary/aromatic N) is 1. The van der Waals surface area contributed by atoms with Gasteiger partial charge in [0.2, 0.25) is 0 Å². The van der Waals surface area contributed by atoms with E-state index in [1.807, 2.05) is 0 Å². The molecule has 0 radical (unpaired) electrons. The van der Waals surface area contributed by atoms with Gasteiger partial charge in [-0.25, -0.2) is 0 Å². The first kappa shape index (κ1) is 12.9. The molecule has 2 heteroatoms. The van der Waals surface area contributed by atoms with Gasteiger partial charge in [0.1, 0.15) is 0 Å². The molecule has 0 aromatic heterocycles. The molecular formula is C16H30N2. The number of likely N-dealkylation sites (tertiary alicyclic amines) is 1. The van der Waals surface area contributed by atoms with Crippen molar-refractivity contribution in [2.24, 2.45) is 22.5 Å². The standard InChI is InChI=1S/C16H30N2/c1-11-9-13(17)6-8-18(11)14-15(2,3)12-5-7-16(14,4)10-12/h11-14H,5-10,17H2,1-4H3. The van der Waals surface area contributed by atoms with Crippen molar-refractivity contribution in [3.8, 4) is 0 Å². The summed E-state index contributed by atoms with van der Waals surface area (Å²) in [5.41, 5.74) is 7.21. The van der Waals surface area contributed by atoms with Gasteiger partial charge in [-0.15, -0.1) is 0 Å². The molecule has 5 unspecified atom stereocenters. The molecule has 3 rings (SSSR count). The number of fused-ring (bicyclic) bond motifs is 2. The fourth-order valence-electron chi connectivity index (χ4n) is 5.71. The lowest BCUT2D eigenvalue weighted by Crippen LogP contribution is -2.59. The van der Waals surface area contributed by atoms with Gasteiger partial charge in [0.05, 0.1) is 0 Å². The Labute approximate surface area is 112 Å². The summed E-state index contributed by atoms with van der Waals surface area (Å²) in [6.07, 6.45) is 6.74. The Morgan fingerprint density at radius 3 is 2.44 bits per heavy atom. The van der Waals surface area contributed by atoms with Crippen molar-refractivity contribution in [1.82, 2.24) is 4.90 Å². The molecular weight excluding hydrogens is 220 g/mol. The highest BCUT2D eigenvalue weighted by molar-refractivity contribution is 5.13. The zero-order chi connectivity index (χ0) is 13.1. The predicted molar refractivity (Wildman–Crippen MR) is 76.4 cm³/mol. The Kier molecular flexibility index (Phi) is 2.84. The molecule has 1 saturated heterocycles. The Morgan fingerprint density at radius 1 is 1.17 bits per heavy atom. The van der Waals surface area contributed by atoms with Gasteiger partial charge in [-0.05, 0) is 55.8 Å². The number of nitrogens with two attached hydrogens (primary N) is 1. The summed E-state index contributed by atoms with van der Waals surface area (Å²) >= 11 is 0. The third kappa shape index (κ3) is 1.68. The molecule has 1 aliphatic heterocycles. The van der Waals surface area contributed by atoms with E-state index in [4.69, 9.17) is 5.73 Å². The van der Waals surface area contributed by atoms with Crippen LogP contribution >= 0.6 is 0 Å². The van der Waals surface area contributed by atoms with E-state index < -0.39 is 0 Å². The van der Waals surface area contributed by atoms with Crippen LogP contribution in [0.25, 0.3) is 0 Å². The second-order valence-electron chi connectivity index (χ2n) is 8.19. The van der Waals surface area contributed by atoms with Gasteiger partial charge >= 0.3 is 0 Å². The van der Waals surface area contributed by atoms with E-state index in [9.17, 15) is 0 Å². The second-order valence-corrected chi connectivity index (χ2v) is 8.19. The average Bonchev–Trinajstić information content (AvgIpc) is 2.72. The molecule has 1 heterocycles. The van der Waals surface area contributed by atoms with Crippen LogP contribution in [0.4, 0.5) is 0 Å². The molecule has 0 aromatic rings. The van der Waals surface area contributed by atoms with Crippen molar-refractivity contribution in [3.05, 3.63) is 0 Å². The minimum absolute atomic E-state index is 0.436. The van der Waals surface area contributed by atoms with Crippen molar-refractivity contribution >= 4 is 0 Å². The van der Waals surface area contributed by atoms with Gasteiger partial charge in [-0.3, -0.25) is 4.90 Å². The second kappa shape index (κ2) is 3.96. The lowest BCUT2D eigenvalue weighted by Gasteiger charge is -2.53. The van der Waals surface area contributed by atoms with Crippen LogP contribution in [-0.2, 0) is 0 Å². The zero-order valence-corrected chi connectivity index (χ0v) is 12.6. The topological polar surface area (TPSA) is 29.3 Å². The molecule has 0 amide bonds. The van der Waals surface area contributed by atoms with E-state index in [0.29, 0.717) is 22.9 Å². The smallest absolute Gasteiger partial charge is 0.0206 e. The van der Waals surface area contributed by atoms with Gasteiger partial charge in [0.25, 0.3) is 0 Å². The number of piperidine rings is 1. The van der Waals surface area contributed by atoms with Gasteiger partial charge in [0, 0.05) is 24.7 Å². The summed E-state index contributed by atoms with van der Waals surface area (Å²) in [4.78, 5) is 2.82. The fraction of sp³-hybridized carbons (Fsp3) is 1.00. The van der Waals surface area contributed by atoms with E-state index in [1.54, 1.807) is 0 Å². The van der Waals surface area contributed by atoms with Gasteiger partial charge in [-0.2, -0.15) is 0 Å². The van der Waals surface area contributed by atoms with E-state index >= 15 is 0 Å². The lowest BCUT2D eigenvalue weighted by atomic mass is 9.67. The van der Waals surface area contributed by atoms with Crippen LogP contribution in [0, 0.1) is 16.7 Å². The Morgan fingerprint density at radius 2 is 1.89 bits per heavy atom. The molecule has 0 spiro atoms. The van der Waals surface area contributed by atoms with Crippen LogP contribution in [-0.4, -0.2) is 29.6 Å². The molecule has 3 aliphatic rings. The van der Waals surface area contributed by atoms with Crippen molar-refractivity contribution in [2.75, 3.05) is 6.54 Å². The maximum Gasteiger partial charge on any atom is 0.0206 e. The monoisotopic (exact) mass is 250 g/mol. The summed E-state index contributed by atoms with van der Waals surface area (Å²) in [5, 5.41) is 0. The van der Waals surface area contributed by atoms with E-state index in [0.717, 1.165) is 12.0 Å². The largest absolute Gasteiger partial charge is 0.328 e. The van der Waals surface area contributed by atoms with Crippen molar-refractivity contribution in [1.29, 1.82) is 0 Å². The molecule has 104 valence electrons. The van der Waals surface area contributed by atoms with Gasteiger partial charge < -0.3 is 5.73 Å². The maximum atomic E-state index is 6.14. The third-order valence-electron chi connectivity index (χ3n) is 6.49. The molecule has 2 N–H and O–H groups in total. The van der Waals surface area contributed by atoms with Crippen LogP contribution in [0.15, 0.2) is 0 Å². The predicted octanol–water partition coefficient (Wildman–Crippen LogP) is 3.01. The molecule has 2 nitrogen and oxygen atoms in total. The van der Waals surface area contributed by atoms with Gasteiger partial charge in [-0.1, -0.05) is 20.8 Å². The number of rotatable bonds is 1. The summed E-state index contributed by atoms with van der Waals surface area (Å²) in [6, 6.07) is 1.89. The Bertz CT molecular complexity index is 333. The Balaban J connectivity index is 1.87. The molecule has 2 saturated carbocycles. The normalized spacial score (nSPS) is 51.8. The minimum Gasteiger partial charge on any atom is -0.328 e. The summed E-state index contributed by atoms with van der Waals surface area (Å²) in [5.74, 6) is 0.954. The van der Waals surface area contributed by atoms with E-state index in [2.05, 4.69) is 32.6 Å². The third-order valence-corrected chi connectivity index (χ3v) is 6.49. The van der Waals surface area contributed by atoms with Gasteiger partial charge in [0.15, 0.2) is 0 Å². The summed E-state index contributed by atoms with van der Waals surface area (Å²) < 4.78 is 0.